The Morgan fingerprint density at radius 3 is 0.788 bits per heavy atom. The predicted octanol–water partition coefficient (Wildman–Crippen LogP) is 8.27. The van der Waals surface area contributed by atoms with Crippen molar-refractivity contribution in [2.75, 3.05) is 0 Å². The molecule has 0 aromatic heterocycles. The molecule has 0 spiro atoms. The summed E-state index contributed by atoms with van der Waals surface area (Å²) in [6, 6.07) is 13.0. The molecule has 0 atom stereocenters. The number of hydrogen-bond acceptors (Lipinski definition) is 1. The van der Waals surface area contributed by atoms with Crippen molar-refractivity contribution in [3.8, 4) is 0 Å². The van der Waals surface area contributed by atoms with Gasteiger partial charge in [0.2, 0.25) is 0 Å². The molecular weight excluding hydrogens is 404 g/mol. The smallest absolute Gasteiger partial charge is 0.318 e. The first kappa shape index (κ1) is 27.2. The maximum Gasteiger partial charge on any atom is 0.318 e. The van der Waals surface area contributed by atoms with Crippen molar-refractivity contribution in [2.45, 2.75) is 117 Å². The number of aliphatic carboxylic acids is 1. The fourth-order valence-electron chi connectivity index (χ4n) is 3.98. The van der Waals surface area contributed by atoms with Crippen LogP contribution < -0.4 is 0 Å². The lowest BCUT2D eigenvalue weighted by Crippen LogP contribution is -2.35. The molecule has 1 N–H and O–H groups in total. The quantitative estimate of drug-likeness (QED) is 0.511. The number of carboxylic acids is 1. The van der Waals surface area contributed by atoms with Crippen LogP contribution in [0.2, 0.25) is 0 Å². The Morgan fingerprint density at radius 1 is 0.455 bits per heavy atom. The Bertz CT molecular complexity index is 889. The van der Waals surface area contributed by atoms with Gasteiger partial charge in [-0.15, -0.1) is 0 Å². The molecule has 0 unspecified atom stereocenters. The third-order valence-electron chi connectivity index (χ3n) is 6.91. The molecule has 2 aromatic carbocycles. The summed E-state index contributed by atoms with van der Waals surface area (Å²) in [6.45, 7) is 28.1. The third kappa shape index (κ3) is 5.70. The Balaban J connectivity index is 2.99. The molecule has 0 aliphatic heterocycles. The second kappa shape index (κ2) is 8.29. The fraction of sp³-hybridized carbons (Fsp3) is 0.581. The molecule has 0 amide bonds. The van der Waals surface area contributed by atoms with E-state index in [1.165, 1.54) is 22.3 Å². The summed E-state index contributed by atoms with van der Waals surface area (Å²) in [5.74, 6) is -0.820. The largest absolute Gasteiger partial charge is 0.480 e. The van der Waals surface area contributed by atoms with Crippen LogP contribution in [-0.2, 0) is 31.9 Å². The van der Waals surface area contributed by atoms with Gasteiger partial charge in [-0.1, -0.05) is 119 Å². The van der Waals surface area contributed by atoms with Crippen molar-refractivity contribution in [1.29, 1.82) is 0 Å². The molecule has 0 bridgehead atoms. The van der Waals surface area contributed by atoms with Crippen LogP contribution in [0.25, 0.3) is 0 Å². The summed E-state index contributed by atoms with van der Waals surface area (Å²) < 4.78 is 0. The van der Waals surface area contributed by atoms with Crippen LogP contribution in [0.5, 0.6) is 0 Å². The number of hydrogen-bond donors (Lipinski definition) is 1. The van der Waals surface area contributed by atoms with Crippen molar-refractivity contribution in [2.24, 2.45) is 0 Å². The van der Waals surface area contributed by atoms with Gasteiger partial charge in [0, 0.05) is 0 Å². The van der Waals surface area contributed by atoms with E-state index < -0.39 is 11.4 Å². The van der Waals surface area contributed by atoms with E-state index in [0.29, 0.717) is 0 Å². The Labute approximate surface area is 202 Å². The van der Waals surface area contributed by atoms with E-state index in [2.05, 4.69) is 119 Å². The molecule has 0 saturated heterocycles. The van der Waals surface area contributed by atoms with E-state index in [9.17, 15) is 9.90 Å². The van der Waals surface area contributed by atoms with Gasteiger partial charge in [0.05, 0.1) is 0 Å². The Hall–Kier alpha value is -2.09. The molecule has 0 radical (unpaired) electrons. The maximum atomic E-state index is 13.1. The molecular formula is C31H46O2. The van der Waals surface area contributed by atoms with Crippen molar-refractivity contribution in [3.05, 3.63) is 69.8 Å². The summed E-state index contributed by atoms with van der Waals surface area (Å²) in [4.78, 5) is 13.1. The van der Waals surface area contributed by atoms with E-state index in [1.54, 1.807) is 0 Å². The van der Waals surface area contributed by atoms with Crippen LogP contribution >= 0.6 is 0 Å². The van der Waals surface area contributed by atoms with E-state index >= 15 is 0 Å². The maximum absolute atomic E-state index is 13.1. The lowest BCUT2D eigenvalue weighted by atomic mass is 9.69. The van der Waals surface area contributed by atoms with Gasteiger partial charge in [-0.3, -0.25) is 4.79 Å². The lowest BCUT2D eigenvalue weighted by molar-refractivity contribution is -0.141. The number of rotatable bonds is 3. The summed E-state index contributed by atoms with van der Waals surface area (Å²) in [6.07, 6.45) is 0. The number of carboxylic acid groups (broad SMARTS) is 1. The SMILES string of the molecule is CC(C)(C)c1cc(C(C)(C)C)cc(C(C)(C(=O)O)c2cc(C(C)(C)C)cc(C(C)(C)C)c2)c1. The first-order valence-corrected chi connectivity index (χ1v) is 12.1. The standard InChI is InChI=1S/C31H46O2/c1-27(2,3)20-14-21(28(4,5)6)17-24(16-20)31(13,26(32)33)25-18-22(29(7,8)9)15-23(19-25)30(10,11)12/h14-19H,1-13H3,(H,32,33). The first-order valence-electron chi connectivity index (χ1n) is 12.1. The minimum absolute atomic E-state index is 0.0841. The second-order valence-corrected chi connectivity index (χ2v) is 14.0. The van der Waals surface area contributed by atoms with Gasteiger partial charge < -0.3 is 5.11 Å². The Kier molecular flexibility index (Phi) is 6.82. The average Bonchev–Trinajstić information content (AvgIpc) is 2.63. The van der Waals surface area contributed by atoms with E-state index in [0.717, 1.165) is 11.1 Å². The van der Waals surface area contributed by atoms with E-state index in [4.69, 9.17) is 0 Å². The lowest BCUT2D eigenvalue weighted by Gasteiger charge is -2.34. The minimum atomic E-state index is -1.16. The van der Waals surface area contributed by atoms with Gasteiger partial charge in [0.1, 0.15) is 5.41 Å². The van der Waals surface area contributed by atoms with E-state index in [-0.39, 0.29) is 21.7 Å². The molecule has 0 fully saturated rings. The van der Waals surface area contributed by atoms with Crippen molar-refractivity contribution in [1.82, 2.24) is 0 Å². The van der Waals surface area contributed by atoms with Gasteiger partial charge >= 0.3 is 5.97 Å². The molecule has 2 aromatic rings. The number of carbonyl (C=O) groups is 1. The van der Waals surface area contributed by atoms with Gasteiger partial charge in [-0.05, 0) is 62.0 Å². The summed E-state index contributed by atoms with van der Waals surface area (Å²) in [7, 11) is 0. The summed E-state index contributed by atoms with van der Waals surface area (Å²) >= 11 is 0. The van der Waals surface area contributed by atoms with Gasteiger partial charge in [0.25, 0.3) is 0 Å². The molecule has 182 valence electrons. The molecule has 2 heteroatoms. The minimum Gasteiger partial charge on any atom is -0.480 e. The highest BCUT2D eigenvalue weighted by Crippen LogP contribution is 2.41. The summed E-state index contributed by atoms with van der Waals surface area (Å²) in [5.41, 5.74) is 4.86. The zero-order valence-corrected chi connectivity index (χ0v) is 23.3. The molecule has 2 rings (SSSR count). The molecule has 0 saturated carbocycles. The number of benzene rings is 2. The van der Waals surface area contributed by atoms with Crippen molar-refractivity contribution in [3.63, 3.8) is 0 Å². The fourth-order valence-corrected chi connectivity index (χ4v) is 3.98. The normalized spacial score (nSPS) is 13.8. The van der Waals surface area contributed by atoms with Crippen LogP contribution in [0.1, 0.15) is 123 Å². The van der Waals surface area contributed by atoms with E-state index in [1.807, 2.05) is 6.92 Å². The van der Waals surface area contributed by atoms with Crippen LogP contribution in [0.4, 0.5) is 0 Å². The van der Waals surface area contributed by atoms with Crippen molar-refractivity contribution < 1.29 is 9.90 Å². The molecule has 0 aliphatic rings. The van der Waals surface area contributed by atoms with Crippen LogP contribution in [-0.4, -0.2) is 11.1 Å². The zero-order chi connectivity index (χ0) is 25.8. The average molecular weight is 451 g/mol. The zero-order valence-electron chi connectivity index (χ0n) is 23.3. The monoisotopic (exact) mass is 450 g/mol. The third-order valence-corrected chi connectivity index (χ3v) is 6.91. The molecule has 0 aliphatic carbocycles. The molecule has 2 nitrogen and oxygen atoms in total. The highest BCUT2D eigenvalue weighted by molar-refractivity contribution is 5.86. The predicted molar refractivity (Wildman–Crippen MR) is 142 cm³/mol. The highest BCUT2D eigenvalue weighted by atomic mass is 16.4. The van der Waals surface area contributed by atoms with Gasteiger partial charge in [-0.25, -0.2) is 0 Å². The Morgan fingerprint density at radius 2 is 0.636 bits per heavy atom. The topological polar surface area (TPSA) is 37.3 Å². The van der Waals surface area contributed by atoms with Crippen LogP contribution in [0.15, 0.2) is 36.4 Å². The van der Waals surface area contributed by atoms with Crippen LogP contribution in [0.3, 0.4) is 0 Å². The first-order chi connectivity index (χ1) is 14.6. The molecule has 33 heavy (non-hydrogen) atoms. The van der Waals surface area contributed by atoms with Gasteiger partial charge in [0.15, 0.2) is 0 Å². The van der Waals surface area contributed by atoms with Crippen LogP contribution in [0, 0.1) is 0 Å². The van der Waals surface area contributed by atoms with Crippen molar-refractivity contribution >= 4 is 5.97 Å². The second-order valence-electron chi connectivity index (χ2n) is 14.0. The summed E-state index contributed by atoms with van der Waals surface area (Å²) in [5, 5.41) is 10.7. The highest BCUT2D eigenvalue weighted by Gasteiger charge is 2.40. The molecule has 0 heterocycles. The van der Waals surface area contributed by atoms with Gasteiger partial charge in [-0.2, -0.15) is 0 Å².